The van der Waals surface area contributed by atoms with E-state index in [9.17, 15) is 9.18 Å². The van der Waals surface area contributed by atoms with Gasteiger partial charge in [0.2, 0.25) is 5.95 Å². The molecule has 0 bridgehead atoms. The second kappa shape index (κ2) is 9.33. The molecule has 1 atom stereocenters. The third kappa shape index (κ3) is 5.49. The molecule has 1 unspecified atom stereocenters. The maximum Gasteiger partial charge on any atom is 0.410 e. The Bertz CT molecular complexity index is 1020. The maximum absolute atomic E-state index is 13.7. The summed E-state index contributed by atoms with van der Waals surface area (Å²) in [5.41, 5.74) is 0.921. The summed E-state index contributed by atoms with van der Waals surface area (Å²) < 4.78 is 19.2. The summed E-state index contributed by atoms with van der Waals surface area (Å²) >= 11 is 6.05. The van der Waals surface area contributed by atoms with E-state index in [0.717, 1.165) is 30.8 Å². The highest BCUT2D eigenvalue weighted by molar-refractivity contribution is 6.31. The van der Waals surface area contributed by atoms with Gasteiger partial charge in [0.25, 0.3) is 0 Å². The van der Waals surface area contributed by atoms with Gasteiger partial charge in [-0.25, -0.2) is 14.2 Å². The molecule has 33 heavy (non-hydrogen) atoms. The van der Waals surface area contributed by atoms with Crippen molar-refractivity contribution in [1.29, 1.82) is 0 Å². The minimum absolute atomic E-state index is 0.0646. The van der Waals surface area contributed by atoms with E-state index >= 15 is 0 Å². The van der Waals surface area contributed by atoms with E-state index in [1.807, 2.05) is 26.8 Å². The van der Waals surface area contributed by atoms with Crippen molar-refractivity contribution in [3.63, 3.8) is 0 Å². The van der Waals surface area contributed by atoms with E-state index in [1.54, 1.807) is 17.0 Å². The lowest BCUT2D eigenvalue weighted by Gasteiger charge is -2.36. The topological polar surface area (TPSA) is 61.8 Å². The Morgan fingerprint density at radius 2 is 1.85 bits per heavy atom. The molecule has 3 heterocycles. The first kappa shape index (κ1) is 23.5. The fourth-order valence-corrected chi connectivity index (χ4v) is 4.37. The minimum Gasteiger partial charge on any atom is -0.444 e. The van der Waals surface area contributed by atoms with E-state index in [2.05, 4.69) is 16.7 Å². The van der Waals surface area contributed by atoms with Crippen molar-refractivity contribution < 1.29 is 13.9 Å². The van der Waals surface area contributed by atoms with E-state index in [-0.39, 0.29) is 11.1 Å². The fourth-order valence-electron chi connectivity index (χ4n) is 4.19. The van der Waals surface area contributed by atoms with Crippen LogP contribution >= 0.6 is 11.6 Å². The molecule has 4 rings (SSSR count). The molecule has 0 aliphatic carbocycles. The molecule has 178 valence electrons. The summed E-state index contributed by atoms with van der Waals surface area (Å²) in [6.45, 7) is 11.0. The predicted octanol–water partition coefficient (Wildman–Crippen LogP) is 4.98. The summed E-state index contributed by atoms with van der Waals surface area (Å²) in [4.78, 5) is 28.2. The molecule has 0 saturated carbocycles. The average Bonchev–Trinajstić information content (AvgIpc) is 3.20. The standard InChI is InChI=1S/C24H31ClFN5O2/c1-16-6-5-9-31(16)22-27-20(17-7-8-19(26)18(25)14-17)15-21(28-22)29-10-12-30(13-11-29)23(32)33-24(2,3)4/h7-8,14-16H,5-6,9-13H2,1-4H3. The van der Waals surface area contributed by atoms with E-state index in [0.29, 0.717) is 43.9 Å². The molecule has 9 heteroatoms. The number of benzene rings is 1. The average molecular weight is 476 g/mol. The summed E-state index contributed by atoms with van der Waals surface area (Å²) in [5, 5.41) is 0.0646. The zero-order valence-corrected chi connectivity index (χ0v) is 20.4. The van der Waals surface area contributed by atoms with E-state index < -0.39 is 11.4 Å². The Labute approximate surface area is 199 Å². The van der Waals surface area contributed by atoms with Crippen LogP contribution in [0, 0.1) is 5.82 Å². The summed E-state index contributed by atoms with van der Waals surface area (Å²) in [6, 6.07) is 6.91. The van der Waals surface area contributed by atoms with Crippen molar-refractivity contribution in [3.8, 4) is 11.3 Å². The number of ether oxygens (including phenoxy) is 1. The summed E-state index contributed by atoms with van der Waals surface area (Å²) in [5.74, 6) is 1.00. The zero-order valence-electron chi connectivity index (χ0n) is 19.6. The van der Waals surface area contributed by atoms with Crippen molar-refractivity contribution in [3.05, 3.63) is 35.1 Å². The van der Waals surface area contributed by atoms with Crippen LogP contribution in [0.2, 0.25) is 5.02 Å². The van der Waals surface area contributed by atoms with Gasteiger partial charge in [0.1, 0.15) is 17.2 Å². The molecule has 2 fully saturated rings. The molecule has 1 aromatic heterocycles. The Morgan fingerprint density at radius 1 is 1.12 bits per heavy atom. The molecule has 1 amide bonds. The second-order valence-corrected chi connectivity index (χ2v) is 10.1. The van der Waals surface area contributed by atoms with Crippen LogP contribution in [0.4, 0.5) is 21.0 Å². The normalized spacial score (nSPS) is 19.2. The van der Waals surface area contributed by atoms with Crippen molar-refractivity contribution in [2.24, 2.45) is 0 Å². The molecule has 0 N–H and O–H groups in total. The lowest BCUT2D eigenvalue weighted by atomic mass is 10.1. The molecule has 7 nitrogen and oxygen atoms in total. The van der Waals surface area contributed by atoms with Gasteiger partial charge >= 0.3 is 6.09 Å². The first-order valence-corrected chi connectivity index (χ1v) is 11.8. The van der Waals surface area contributed by atoms with Gasteiger partial charge < -0.3 is 19.4 Å². The van der Waals surface area contributed by atoms with Gasteiger partial charge in [-0.05, 0) is 58.7 Å². The molecule has 0 radical (unpaired) electrons. The van der Waals surface area contributed by atoms with Gasteiger partial charge in [0, 0.05) is 50.4 Å². The second-order valence-electron chi connectivity index (χ2n) is 9.68. The third-order valence-corrected chi connectivity index (χ3v) is 6.27. The van der Waals surface area contributed by atoms with Gasteiger partial charge in [-0.3, -0.25) is 0 Å². The molecule has 2 saturated heterocycles. The number of nitrogens with zero attached hydrogens (tertiary/aromatic N) is 5. The first-order chi connectivity index (χ1) is 15.6. The highest BCUT2D eigenvalue weighted by atomic mass is 35.5. The Kier molecular flexibility index (Phi) is 6.66. The van der Waals surface area contributed by atoms with Gasteiger partial charge in [-0.2, -0.15) is 4.98 Å². The van der Waals surface area contributed by atoms with Crippen LogP contribution < -0.4 is 9.80 Å². The molecule has 2 aliphatic rings. The van der Waals surface area contributed by atoms with Crippen LogP contribution in [0.15, 0.2) is 24.3 Å². The van der Waals surface area contributed by atoms with Gasteiger partial charge in [0.15, 0.2) is 0 Å². The number of halogens is 2. The largest absolute Gasteiger partial charge is 0.444 e. The van der Waals surface area contributed by atoms with Crippen molar-refractivity contribution in [2.75, 3.05) is 42.5 Å². The van der Waals surface area contributed by atoms with E-state index in [4.69, 9.17) is 26.3 Å². The molecule has 2 aliphatic heterocycles. The highest BCUT2D eigenvalue weighted by Crippen LogP contribution is 2.31. The zero-order chi connectivity index (χ0) is 23.8. The highest BCUT2D eigenvalue weighted by Gasteiger charge is 2.28. The van der Waals surface area contributed by atoms with E-state index in [1.165, 1.54) is 6.07 Å². The summed E-state index contributed by atoms with van der Waals surface area (Å²) in [6.07, 6.45) is 1.90. The SMILES string of the molecule is CC1CCCN1c1nc(-c2ccc(F)c(Cl)c2)cc(N2CCN(C(=O)OC(C)(C)C)CC2)n1. The van der Waals surface area contributed by atoms with Crippen LogP contribution in [-0.2, 0) is 4.74 Å². The van der Waals surface area contributed by atoms with Gasteiger partial charge in [0.05, 0.1) is 10.7 Å². The van der Waals surface area contributed by atoms with Crippen molar-refractivity contribution in [1.82, 2.24) is 14.9 Å². The van der Waals surface area contributed by atoms with Crippen LogP contribution in [0.5, 0.6) is 0 Å². The molecule has 0 spiro atoms. The number of rotatable bonds is 3. The smallest absolute Gasteiger partial charge is 0.410 e. The Hall–Kier alpha value is -2.61. The van der Waals surface area contributed by atoms with Crippen molar-refractivity contribution >= 4 is 29.5 Å². The maximum atomic E-state index is 13.7. The Morgan fingerprint density at radius 3 is 2.45 bits per heavy atom. The van der Waals surface area contributed by atoms with Gasteiger partial charge in [-0.15, -0.1) is 0 Å². The fraction of sp³-hybridized carbons (Fsp3) is 0.542. The summed E-state index contributed by atoms with van der Waals surface area (Å²) in [7, 11) is 0. The minimum atomic E-state index is -0.520. The number of hydrogen-bond donors (Lipinski definition) is 0. The van der Waals surface area contributed by atoms with Crippen LogP contribution in [0.1, 0.15) is 40.5 Å². The van der Waals surface area contributed by atoms with Crippen molar-refractivity contribution in [2.45, 2.75) is 52.2 Å². The predicted molar refractivity (Wildman–Crippen MR) is 128 cm³/mol. The van der Waals surface area contributed by atoms with Crippen LogP contribution in [0.3, 0.4) is 0 Å². The van der Waals surface area contributed by atoms with Gasteiger partial charge in [-0.1, -0.05) is 11.6 Å². The number of amides is 1. The molecule has 1 aromatic carbocycles. The number of carbonyl (C=O) groups excluding carboxylic acids is 1. The molecular weight excluding hydrogens is 445 g/mol. The quantitative estimate of drug-likeness (QED) is 0.623. The molecule has 2 aromatic rings. The van der Waals surface area contributed by atoms with Crippen LogP contribution in [0.25, 0.3) is 11.3 Å². The lowest BCUT2D eigenvalue weighted by Crippen LogP contribution is -2.50. The monoisotopic (exact) mass is 475 g/mol. The Balaban J connectivity index is 1.60. The number of piperazine rings is 1. The number of carbonyl (C=O) groups is 1. The molecular formula is C24H31ClFN5O2. The van der Waals surface area contributed by atoms with Crippen LogP contribution in [-0.4, -0.2) is 65.3 Å². The third-order valence-electron chi connectivity index (χ3n) is 5.98. The number of hydrogen-bond acceptors (Lipinski definition) is 6. The lowest BCUT2D eigenvalue weighted by molar-refractivity contribution is 0.0240. The number of aromatic nitrogens is 2. The number of anilines is 2. The first-order valence-electron chi connectivity index (χ1n) is 11.4.